The first-order valence-corrected chi connectivity index (χ1v) is 5.94. The van der Waals surface area contributed by atoms with Crippen LogP contribution in [-0.4, -0.2) is 9.97 Å². The highest BCUT2D eigenvalue weighted by atomic mass is 79.9. The number of hydrogen-bond acceptors (Lipinski definition) is 3. The summed E-state index contributed by atoms with van der Waals surface area (Å²) >= 11 is 3.26. The zero-order valence-electron chi connectivity index (χ0n) is 9.15. The van der Waals surface area contributed by atoms with Gasteiger partial charge in [-0.15, -0.1) is 0 Å². The standard InChI is InChI=1S/C12H10BrFN2O/c1-2-11-15-10(13)7-12(16-11)17-9-6-4-3-5-8(9)14/h3-7H,2H2,1H3. The van der Waals surface area contributed by atoms with Crippen molar-refractivity contribution in [1.82, 2.24) is 9.97 Å². The van der Waals surface area contributed by atoms with Crippen molar-refractivity contribution in [2.75, 3.05) is 0 Å². The van der Waals surface area contributed by atoms with Gasteiger partial charge in [-0.2, -0.15) is 4.98 Å². The van der Waals surface area contributed by atoms with E-state index in [-0.39, 0.29) is 5.75 Å². The quantitative estimate of drug-likeness (QED) is 0.810. The van der Waals surface area contributed by atoms with Crippen LogP contribution in [-0.2, 0) is 6.42 Å². The van der Waals surface area contributed by atoms with Gasteiger partial charge in [0.1, 0.15) is 10.4 Å². The van der Waals surface area contributed by atoms with Crippen molar-refractivity contribution in [3.8, 4) is 11.6 Å². The van der Waals surface area contributed by atoms with Crippen LogP contribution in [0.2, 0.25) is 0 Å². The Morgan fingerprint density at radius 2 is 2.06 bits per heavy atom. The maximum atomic E-state index is 13.4. The third-order valence-corrected chi connectivity index (χ3v) is 2.49. The topological polar surface area (TPSA) is 35.0 Å². The zero-order valence-corrected chi connectivity index (χ0v) is 10.7. The molecule has 0 unspecified atom stereocenters. The molecule has 3 nitrogen and oxygen atoms in total. The van der Waals surface area contributed by atoms with E-state index in [1.807, 2.05) is 6.92 Å². The lowest BCUT2D eigenvalue weighted by atomic mass is 10.3. The van der Waals surface area contributed by atoms with Gasteiger partial charge in [-0.1, -0.05) is 19.1 Å². The predicted molar refractivity (Wildman–Crippen MR) is 65.6 cm³/mol. The molecule has 0 amide bonds. The van der Waals surface area contributed by atoms with Gasteiger partial charge in [0.05, 0.1) is 0 Å². The van der Waals surface area contributed by atoms with Crippen molar-refractivity contribution < 1.29 is 9.13 Å². The molecule has 88 valence electrons. The fraction of sp³-hybridized carbons (Fsp3) is 0.167. The van der Waals surface area contributed by atoms with Crippen LogP contribution >= 0.6 is 15.9 Å². The number of nitrogens with zero attached hydrogens (tertiary/aromatic N) is 2. The van der Waals surface area contributed by atoms with E-state index in [1.54, 1.807) is 24.3 Å². The highest BCUT2D eigenvalue weighted by Crippen LogP contribution is 2.24. The SMILES string of the molecule is CCc1nc(Br)cc(Oc2ccccc2F)n1. The van der Waals surface area contributed by atoms with Gasteiger partial charge in [-0.05, 0) is 28.1 Å². The smallest absolute Gasteiger partial charge is 0.223 e. The Balaban J connectivity index is 2.30. The van der Waals surface area contributed by atoms with E-state index in [1.165, 1.54) is 6.07 Å². The molecule has 0 aliphatic rings. The second-order valence-corrected chi connectivity index (χ2v) is 4.14. The Labute approximate surface area is 107 Å². The Hall–Kier alpha value is -1.49. The second kappa shape index (κ2) is 5.23. The number of benzene rings is 1. The van der Waals surface area contributed by atoms with Gasteiger partial charge in [0.2, 0.25) is 5.88 Å². The molecule has 0 bridgehead atoms. The van der Waals surface area contributed by atoms with Gasteiger partial charge < -0.3 is 4.74 Å². The van der Waals surface area contributed by atoms with Crippen LogP contribution in [0.3, 0.4) is 0 Å². The predicted octanol–water partition coefficient (Wildman–Crippen LogP) is 3.73. The number of aromatic nitrogens is 2. The van der Waals surface area contributed by atoms with E-state index in [4.69, 9.17) is 4.74 Å². The molecular formula is C12H10BrFN2O. The maximum Gasteiger partial charge on any atom is 0.223 e. The summed E-state index contributed by atoms with van der Waals surface area (Å²) in [6, 6.07) is 7.81. The van der Waals surface area contributed by atoms with E-state index in [0.29, 0.717) is 22.7 Å². The fourth-order valence-electron chi connectivity index (χ4n) is 1.29. The molecule has 0 saturated carbocycles. The summed E-state index contributed by atoms with van der Waals surface area (Å²) in [7, 11) is 0. The van der Waals surface area contributed by atoms with Crippen LogP contribution in [0.4, 0.5) is 4.39 Å². The largest absolute Gasteiger partial charge is 0.436 e. The maximum absolute atomic E-state index is 13.4. The van der Waals surface area contributed by atoms with Crippen LogP contribution in [0.15, 0.2) is 34.9 Å². The molecule has 0 fully saturated rings. The number of ether oxygens (including phenoxy) is 1. The number of hydrogen-bond donors (Lipinski definition) is 0. The van der Waals surface area contributed by atoms with E-state index < -0.39 is 5.82 Å². The number of halogens is 2. The summed E-state index contributed by atoms with van der Waals surface area (Å²) in [5.41, 5.74) is 0. The van der Waals surface area contributed by atoms with Crippen LogP contribution in [0.25, 0.3) is 0 Å². The van der Waals surface area contributed by atoms with E-state index in [2.05, 4.69) is 25.9 Å². The first-order chi connectivity index (χ1) is 8.19. The van der Waals surface area contributed by atoms with Crippen molar-refractivity contribution in [3.05, 3.63) is 46.6 Å². The van der Waals surface area contributed by atoms with Crippen LogP contribution < -0.4 is 4.74 Å². The third-order valence-electron chi connectivity index (χ3n) is 2.09. The lowest BCUT2D eigenvalue weighted by Gasteiger charge is -2.06. The molecule has 0 N–H and O–H groups in total. The van der Waals surface area contributed by atoms with Gasteiger partial charge in [0.25, 0.3) is 0 Å². The van der Waals surface area contributed by atoms with Crippen LogP contribution in [0.1, 0.15) is 12.7 Å². The minimum Gasteiger partial charge on any atom is -0.436 e. The monoisotopic (exact) mass is 296 g/mol. The molecule has 0 aliphatic heterocycles. The van der Waals surface area contributed by atoms with Crippen molar-refractivity contribution in [3.63, 3.8) is 0 Å². The summed E-state index contributed by atoms with van der Waals surface area (Å²) in [5.74, 6) is 0.708. The number of rotatable bonds is 3. The molecule has 0 spiro atoms. The van der Waals surface area contributed by atoms with Crippen LogP contribution in [0, 0.1) is 5.82 Å². The van der Waals surface area contributed by atoms with Gasteiger partial charge in [-0.25, -0.2) is 9.37 Å². The van der Waals surface area contributed by atoms with Gasteiger partial charge in [0.15, 0.2) is 11.6 Å². The van der Waals surface area contributed by atoms with Crippen molar-refractivity contribution in [1.29, 1.82) is 0 Å². The molecule has 2 aromatic rings. The van der Waals surface area contributed by atoms with Crippen molar-refractivity contribution >= 4 is 15.9 Å². The van der Waals surface area contributed by atoms with E-state index in [9.17, 15) is 4.39 Å². The molecule has 2 rings (SSSR count). The third kappa shape index (κ3) is 3.00. The highest BCUT2D eigenvalue weighted by Gasteiger charge is 2.07. The number of aryl methyl sites for hydroxylation is 1. The first kappa shape index (κ1) is 12.0. The normalized spacial score (nSPS) is 10.3. The lowest BCUT2D eigenvalue weighted by Crippen LogP contribution is -1.97. The van der Waals surface area contributed by atoms with Crippen LogP contribution in [0.5, 0.6) is 11.6 Å². The van der Waals surface area contributed by atoms with E-state index >= 15 is 0 Å². The van der Waals surface area contributed by atoms with Gasteiger partial charge in [0, 0.05) is 12.5 Å². The van der Waals surface area contributed by atoms with E-state index in [0.717, 1.165) is 0 Å². The molecule has 0 radical (unpaired) electrons. The fourth-order valence-corrected chi connectivity index (χ4v) is 1.69. The minimum absolute atomic E-state index is 0.153. The summed E-state index contributed by atoms with van der Waals surface area (Å²) in [4.78, 5) is 8.31. The molecule has 1 heterocycles. The van der Waals surface area contributed by atoms with Gasteiger partial charge >= 0.3 is 0 Å². The highest BCUT2D eigenvalue weighted by molar-refractivity contribution is 9.10. The van der Waals surface area contributed by atoms with Crippen molar-refractivity contribution in [2.45, 2.75) is 13.3 Å². The van der Waals surface area contributed by atoms with Crippen molar-refractivity contribution in [2.24, 2.45) is 0 Å². The average Bonchev–Trinajstić information content (AvgIpc) is 2.31. The van der Waals surface area contributed by atoms with Gasteiger partial charge in [-0.3, -0.25) is 0 Å². The summed E-state index contributed by atoms with van der Waals surface area (Å²) in [5, 5.41) is 0. The lowest BCUT2D eigenvalue weighted by molar-refractivity contribution is 0.424. The molecule has 17 heavy (non-hydrogen) atoms. The Bertz CT molecular complexity index is 534. The molecule has 1 aromatic carbocycles. The first-order valence-electron chi connectivity index (χ1n) is 5.15. The summed E-state index contributed by atoms with van der Waals surface area (Å²) in [6.45, 7) is 1.94. The molecule has 1 aromatic heterocycles. The molecular weight excluding hydrogens is 287 g/mol. The zero-order chi connectivity index (χ0) is 12.3. The summed E-state index contributed by atoms with van der Waals surface area (Å²) < 4.78 is 19.4. The molecule has 0 saturated heterocycles. The average molecular weight is 297 g/mol. The Morgan fingerprint density at radius 1 is 1.29 bits per heavy atom. The minimum atomic E-state index is -0.416. The Kier molecular flexibility index (Phi) is 3.68. The second-order valence-electron chi connectivity index (χ2n) is 3.33. The Morgan fingerprint density at radius 3 is 2.76 bits per heavy atom. The summed E-state index contributed by atoms with van der Waals surface area (Å²) in [6.07, 6.45) is 0.688. The molecule has 5 heteroatoms. The number of para-hydroxylation sites is 1. The molecule has 0 aliphatic carbocycles. The molecule has 0 atom stereocenters.